The number of esters is 1. The highest BCUT2D eigenvalue weighted by Crippen LogP contribution is 2.11. The maximum Gasteiger partial charge on any atom is 0.407 e. The smallest absolute Gasteiger partial charge is 0.407 e. The van der Waals surface area contributed by atoms with E-state index in [4.69, 9.17) is 4.74 Å². The van der Waals surface area contributed by atoms with Crippen molar-refractivity contribution in [2.24, 2.45) is 0 Å². The largest absolute Gasteiger partial charge is 0.458 e. The Morgan fingerprint density at radius 3 is 2.30 bits per heavy atom. The van der Waals surface area contributed by atoms with Crippen LogP contribution in [0.3, 0.4) is 0 Å². The average Bonchev–Trinajstić information content (AvgIpc) is 2.37. The zero-order chi connectivity index (χ0) is 15.2. The summed E-state index contributed by atoms with van der Waals surface area (Å²) in [5, 5.41) is 2.50. The number of carbonyl (C=O) groups excluding carboxylic acids is 2. The Hall–Kier alpha value is -2.04. The third kappa shape index (κ3) is 5.73. The molecule has 0 aliphatic heterocycles. The summed E-state index contributed by atoms with van der Waals surface area (Å²) in [6.45, 7) is 5.34. The molecule has 0 saturated carbocycles. The molecule has 20 heavy (non-hydrogen) atoms. The summed E-state index contributed by atoms with van der Waals surface area (Å²) in [6, 6.07) is 8.63. The van der Waals surface area contributed by atoms with Gasteiger partial charge < -0.3 is 14.8 Å². The molecular weight excluding hydrogens is 258 g/mol. The van der Waals surface area contributed by atoms with Gasteiger partial charge in [-0.3, -0.25) is 0 Å². The molecule has 0 saturated heterocycles. The molecular formula is C15H21NO4. The fourth-order valence-corrected chi connectivity index (χ4v) is 1.62. The second kappa shape index (κ2) is 6.93. The molecule has 1 amide bonds. The number of rotatable bonds is 4. The van der Waals surface area contributed by atoms with Gasteiger partial charge in [0.05, 0.1) is 7.11 Å². The highest BCUT2D eigenvalue weighted by atomic mass is 16.6. The van der Waals surface area contributed by atoms with Gasteiger partial charge in [-0.05, 0) is 26.3 Å². The molecule has 1 atom stereocenters. The van der Waals surface area contributed by atoms with Crippen LogP contribution in [-0.2, 0) is 20.7 Å². The van der Waals surface area contributed by atoms with Gasteiger partial charge in [0.15, 0.2) is 0 Å². The second-order valence-corrected chi connectivity index (χ2v) is 5.41. The molecule has 0 aliphatic carbocycles. The van der Waals surface area contributed by atoms with Crippen molar-refractivity contribution in [2.45, 2.75) is 38.8 Å². The predicted octanol–water partition coefficient (Wildman–Crippen LogP) is 2.30. The van der Waals surface area contributed by atoms with Crippen LogP contribution in [0.2, 0.25) is 0 Å². The molecule has 0 fully saturated rings. The summed E-state index contributed by atoms with van der Waals surface area (Å²) in [7, 11) is 1.25. The number of alkyl carbamates (subject to hydrolysis) is 1. The van der Waals surface area contributed by atoms with E-state index in [1.807, 2.05) is 30.3 Å². The molecule has 0 aliphatic rings. The van der Waals surface area contributed by atoms with E-state index in [2.05, 4.69) is 10.1 Å². The Morgan fingerprint density at radius 1 is 1.20 bits per heavy atom. The van der Waals surface area contributed by atoms with Gasteiger partial charge in [-0.2, -0.15) is 0 Å². The molecule has 1 aromatic rings. The predicted molar refractivity (Wildman–Crippen MR) is 75.3 cm³/mol. The Balaban J connectivity index is 2.79. The fraction of sp³-hybridized carbons (Fsp3) is 0.467. The molecule has 0 radical (unpaired) electrons. The van der Waals surface area contributed by atoms with Gasteiger partial charge in [0, 0.05) is 6.42 Å². The third-order valence-corrected chi connectivity index (χ3v) is 2.45. The van der Waals surface area contributed by atoms with E-state index in [0.717, 1.165) is 5.56 Å². The van der Waals surface area contributed by atoms with Crippen LogP contribution in [0.25, 0.3) is 0 Å². The summed E-state index contributed by atoms with van der Waals surface area (Å²) in [4.78, 5) is 23.5. The van der Waals surface area contributed by atoms with Crippen LogP contribution in [0.4, 0.5) is 4.79 Å². The molecule has 1 aromatic carbocycles. The van der Waals surface area contributed by atoms with E-state index in [1.54, 1.807) is 20.8 Å². The monoisotopic (exact) mass is 279 g/mol. The highest BCUT2D eigenvalue weighted by Gasteiger charge is 2.27. The SMILES string of the molecule is COC(=O)NC(Cc1ccccc1)C(=O)OC(C)(C)C. The maximum absolute atomic E-state index is 12.1. The topological polar surface area (TPSA) is 64.6 Å². The minimum Gasteiger partial charge on any atom is -0.458 e. The summed E-state index contributed by atoms with van der Waals surface area (Å²) in [6.07, 6.45) is -0.304. The first-order valence-electron chi connectivity index (χ1n) is 6.43. The molecule has 0 aromatic heterocycles. The summed E-state index contributed by atoms with van der Waals surface area (Å²) >= 11 is 0. The van der Waals surface area contributed by atoms with Crippen molar-refractivity contribution >= 4 is 12.1 Å². The minimum absolute atomic E-state index is 0.352. The lowest BCUT2D eigenvalue weighted by Gasteiger charge is -2.24. The Kier molecular flexibility index (Phi) is 5.55. The standard InChI is InChI=1S/C15H21NO4/c1-15(2,3)20-13(17)12(16-14(18)19-4)10-11-8-6-5-7-9-11/h5-9,12H,10H2,1-4H3,(H,16,18). The number of amides is 1. The number of methoxy groups -OCH3 is 1. The summed E-state index contributed by atoms with van der Waals surface area (Å²) in [5.74, 6) is -0.480. The lowest BCUT2D eigenvalue weighted by atomic mass is 10.1. The average molecular weight is 279 g/mol. The highest BCUT2D eigenvalue weighted by molar-refractivity contribution is 5.81. The molecule has 1 rings (SSSR count). The van der Waals surface area contributed by atoms with Gasteiger partial charge in [-0.1, -0.05) is 30.3 Å². The lowest BCUT2D eigenvalue weighted by Crippen LogP contribution is -2.45. The molecule has 0 heterocycles. The molecule has 5 heteroatoms. The molecule has 110 valence electrons. The lowest BCUT2D eigenvalue weighted by molar-refractivity contribution is -0.157. The van der Waals surface area contributed by atoms with Gasteiger partial charge in [-0.15, -0.1) is 0 Å². The van der Waals surface area contributed by atoms with Crippen LogP contribution in [0.15, 0.2) is 30.3 Å². The molecule has 0 bridgehead atoms. The minimum atomic E-state index is -0.774. The van der Waals surface area contributed by atoms with Crippen LogP contribution < -0.4 is 5.32 Å². The number of benzene rings is 1. The quantitative estimate of drug-likeness (QED) is 0.859. The zero-order valence-corrected chi connectivity index (χ0v) is 12.3. The van der Waals surface area contributed by atoms with E-state index in [1.165, 1.54) is 7.11 Å². The summed E-state index contributed by atoms with van der Waals surface area (Å²) in [5.41, 5.74) is 0.323. The first kappa shape index (κ1) is 16.0. The van der Waals surface area contributed by atoms with Crippen molar-refractivity contribution in [1.82, 2.24) is 5.32 Å². The van der Waals surface area contributed by atoms with Crippen LogP contribution in [0.1, 0.15) is 26.3 Å². The van der Waals surface area contributed by atoms with Gasteiger partial charge in [0.1, 0.15) is 11.6 Å². The number of nitrogens with one attached hydrogen (secondary N) is 1. The van der Waals surface area contributed by atoms with E-state index in [0.29, 0.717) is 6.42 Å². The Labute approximate surface area is 119 Å². The number of carbonyl (C=O) groups is 2. The van der Waals surface area contributed by atoms with Gasteiger partial charge in [0.25, 0.3) is 0 Å². The Bertz CT molecular complexity index is 451. The van der Waals surface area contributed by atoms with Crippen molar-refractivity contribution in [1.29, 1.82) is 0 Å². The molecule has 1 N–H and O–H groups in total. The molecule has 5 nitrogen and oxygen atoms in total. The molecule has 1 unspecified atom stereocenters. The van der Waals surface area contributed by atoms with Gasteiger partial charge in [-0.25, -0.2) is 9.59 Å². The Morgan fingerprint density at radius 2 is 1.80 bits per heavy atom. The van der Waals surface area contributed by atoms with E-state index < -0.39 is 23.7 Å². The van der Waals surface area contributed by atoms with E-state index in [-0.39, 0.29) is 0 Å². The van der Waals surface area contributed by atoms with Gasteiger partial charge in [0.2, 0.25) is 0 Å². The number of ether oxygens (including phenoxy) is 2. The van der Waals surface area contributed by atoms with Crippen LogP contribution in [-0.4, -0.2) is 30.8 Å². The van der Waals surface area contributed by atoms with Crippen molar-refractivity contribution in [3.05, 3.63) is 35.9 Å². The first-order chi connectivity index (χ1) is 9.31. The van der Waals surface area contributed by atoms with E-state index in [9.17, 15) is 9.59 Å². The maximum atomic E-state index is 12.1. The fourth-order valence-electron chi connectivity index (χ4n) is 1.62. The molecule has 0 spiro atoms. The van der Waals surface area contributed by atoms with E-state index >= 15 is 0 Å². The van der Waals surface area contributed by atoms with Crippen LogP contribution in [0, 0.1) is 0 Å². The van der Waals surface area contributed by atoms with Crippen molar-refractivity contribution < 1.29 is 19.1 Å². The van der Waals surface area contributed by atoms with Crippen molar-refractivity contribution in [3.8, 4) is 0 Å². The summed E-state index contributed by atoms with van der Waals surface area (Å²) < 4.78 is 9.85. The van der Waals surface area contributed by atoms with Crippen LogP contribution >= 0.6 is 0 Å². The first-order valence-corrected chi connectivity index (χ1v) is 6.43. The van der Waals surface area contributed by atoms with Crippen molar-refractivity contribution in [3.63, 3.8) is 0 Å². The van der Waals surface area contributed by atoms with Crippen LogP contribution in [0.5, 0.6) is 0 Å². The zero-order valence-electron chi connectivity index (χ0n) is 12.3. The van der Waals surface area contributed by atoms with Crippen molar-refractivity contribution in [2.75, 3.05) is 7.11 Å². The number of hydrogen-bond donors (Lipinski definition) is 1. The number of hydrogen-bond acceptors (Lipinski definition) is 4. The third-order valence-electron chi connectivity index (χ3n) is 2.45. The van der Waals surface area contributed by atoms with Gasteiger partial charge >= 0.3 is 12.1 Å². The second-order valence-electron chi connectivity index (χ2n) is 5.41. The normalized spacial score (nSPS) is 12.4.